The van der Waals surface area contributed by atoms with Gasteiger partial charge in [0, 0.05) is 6.54 Å². The summed E-state index contributed by atoms with van der Waals surface area (Å²) in [6.45, 7) is 0.456. The molecule has 88 valence electrons. The Hall–Kier alpha value is -1.08. The number of nitrogens with zero attached hydrogens (tertiary/aromatic N) is 1. The number of esters is 1. The number of imide groups is 1. The van der Waals surface area contributed by atoms with Gasteiger partial charge in [-0.1, -0.05) is 11.8 Å². The monoisotopic (exact) mass is 244 g/mol. The molecule has 0 aromatic heterocycles. The molecule has 7 heteroatoms. The van der Waals surface area contributed by atoms with Gasteiger partial charge in [0.1, 0.15) is 6.04 Å². The molecule has 2 heterocycles. The third-order valence-electron chi connectivity index (χ3n) is 2.74. The molecule has 0 aromatic carbocycles. The van der Waals surface area contributed by atoms with Crippen molar-refractivity contribution in [3.63, 3.8) is 0 Å². The van der Waals surface area contributed by atoms with Crippen LogP contribution in [0.25, 0.3) is 0 Å². The Morgan fingerprint density at radius 1 is 1.56 bits per heavy atom. The van der Waals surface area contributed by atoms with E-state index in [1.54, 1.807) is 0 Å². The molecule has 2 saturated heterocycles. The molecule has 2 amide bonds. The molecule has 0 spiro atoms. The van der Waals surface area contributed by atoms with Gasteiger partial charge in [-0.3, -0.25) is 19.3 Å². The van der Waals surface area contributed by atoms with Crippen molar-refractivity contribution in [1.82, 2.24) is 10.2 Å². The number of hydrogen-bond donors (Lipinski definition) is 1. The zero-order valence-electron chi connectivity index (χ0n) is 8.76. The van der Waals surface area contributed by atoms with Gasteiger partial charge in [-0.2, -0.15) is 0 Å². The molecule has 0 radical (unpaired) electrons. The van der Waals surface area contributed by atoms with Gasteiger partial charge in [-0.05, 0) is 6.42 Å². The number of rotatable bonds is 2. The predicted octanol–water partition coefficient (Wildman–Crippen LogP) is -0.415. The van der Waals surface area contributed by atoms with Crippen LogP contribution in [0.1, 0.15) is 6.42 Å². The standard InChI is InChI=1S/C9H12N2O4S/c1-15-8(13)6-2-5(3-10-6)11-7(12)4-16-9(11)14/h5-6,10H,2-4H2,1H3/t5-,6+/m0/s1. The molecule has 2 aliphatic rings. The van der Waals surface area contributed by atoms with Gasteiger partial charge in [0.15, 0.2) is 0 Å². The quantitative estimate of drug-likeness (QED) is 0.665. The minimum Gasteiger partial charge on any atom is -0.468 e. The lowest BCUT2D eigenvalue weighted by molar-refractivity contribution is -0.143. The van der Waals surface area contributed by atoms with E-state index in [0.717, 1.165) is 11.8 Å². The summed E-state index contributed by atoms with van der Waals surface area (Å²) >= 11 is 1.01. The summed E-state index contributed by atoms with van der Waals surface area (Å²) in [5, 5.41) is 2.73. The Labute approximate surface area is 96.7 Å². The summed E-state index contributed by atoms with van der Waals surface area (Å²) in [7, 11) is 1.32. The molecule has 2 rings (SSSR count). The van der Waals surface area contributed by atoms with E-state index in [4.69, 9.17) is 0 Å². The number of nitrogens with one attached hydrogen (secondary N) is 1. The van der Waals surface area contributed by atoms with Crippen LogP contribution in [0.2, 0.25) is 0 Å². The molecule has 2 fully saturated rings. The Morgan fingerprint density at radius 2 is 2.31 bits per heavy atom. The third kappa shape index (κ3) is 1.92. The second-order valence-corrected chi connectivity index (χ2v) is 4.62. The van der Waals surface area contributed by atoms with E-state index < -0.39 is 6.04 Å². The van der Waals surface area contributed by atoms with Crippen LogP contribution >= 0.6 is 11.8 Å². The fourth-order valence-electron chi connectivity index (χ4n) is 1.95. The van der Waals surface area contributed by atoms with Gasteiger partial charge < -0.3 is 10.1 Å². The summed E-state index contributed by atoms with van der Waals surface area (Å²) in [5.74, 6) is -0.320. The van der Waals surface area contributed by atoms with E-state index in [-0.39, 0.29) is 28.9 Å². The van der Waals surface area contributed by atoms with E-state index in [1.807, 2.05) is 0 Å². The normalized spacial score (nSPS) is 29.9. The zero-order valence-corrected chi connectivity index (χ0v) is 9.58. The van der Waals surface area contributed by atoms with Crippen molar-refractivity contribution in [3.8, 4) is 0 Å². The first-order chi connectivity index (χ1) is 7.63. The lowest BCUT2D eigenvalue weighted by atomic mass is 10.1. The second kappa shape index (κ2) is 4.42. The smallest absolute Gasteiger partial charge is 0.322 e. The fraction of sp³-hybridized carbons (Fsp3) is 0.667. The summed E-state index contributed by atoms with van der Waals surface area (Å²) < 4.78 is 4.60. The van der Waals surface area contributed by atoms with E-state index in [2.05, 4.69) is 10.1 Å². The average Bonchev–Trinajstić information content (AvgIpc) is 2.85. The molecule has 16 heavy (non-hydrogen) atoms. The molecule has 2 aliphatic heterocycles. The Morgan fingerprint density at radius 3 is 2.88 bits per heavy atom. The van der Waals surface area contributed by atoms with Gasteiger partial charge in [0.25, 0.3) is 5.24 Å². The molecule has 6 nitrogen and oxygen atoms in total. The number of ether oxygens (including phenoxy) is 1. The molecule has 0 aromatic rings. The predicted molar refractivity (Wildman–Crippen MR) is 56.9 cm³/mol. The van der Waals surface area contributed by atoms with Crippen LogP contribution in [0.3, 0.4) is 0 Å². The van der Waals surface area contributed by atoms with Gasteiger partial charge in [0.2, 0.25) is 5.91 Å². The fourth-order valence-corrected chi connectivity index (χ4v) is 2.73. The molecule has 0 unspecified atom stereocenters. The maximum absolute atomic E-state index is 11.5. The Kier molecular flexibility index (Phi) is 3.15. The highest BCUT2D eigenvalue weighted by Gasteiger charge is 2.41. The number of thioether (sulfide) groups is 1. The number of hydrogen-bond acceptors (Lipinski definition) is 6. The Bertz CT molecular complexity index is 330. The van der Waals surface area contributed by atoms with E-state index >= 15 is 0 Å². The van der Waals surface area contributed by atoms with Gasteiger partial charge in [0.05, 0.1) is 18.9 Å². The summed E-state index contributed by atoms with van der Waals surface area (Å²) in [5.41, 5.74) is 0. The SMILES string of the molecule is COC(=O)[C@H]1C[C@H](N2C(=O)CSC2=O)CN1. The summed E-state index contributed by atoms with van der Waals surface area (Å²) in [6.07, 6.45) is 0.435. The third-order valence-corrected chi connectivity index (χ3v) is 3.58. The molecule has 1 N–H and O–H groups in total. The van der Waals surface area contributed by atoms with Crippen molar-refractivity contribution in [2.45, 2.75) is 18.5 Å². The van der Waals surface area contributed by atoms with E-state index in [0.29, 0.717) is 13.0 Å². The van der Waals surface area contributed by atoms with Crippen LogP contribution in [0.15, 0.2) is 0 Å². The van der Waals surface area contributed by atoms with E-state index in [1.165, 1.54) is 12.0 Å². The first kappa shape index (κ1) is 11.4. The molecule has 2 atom stereocenters. The van der Waals surface area contributed by atoms with Crippen LogP contribution in [-0.4, -0.2) is 53.5 Å². The number of carbonyl (C=O) groups excluding carboxylic acids is 3. The number of methoxy groups -OCH3 is 1. The van der Waals surface area contributed by atoms with E-state index in [9.17, 15) is 14.4 Å². The van der Waals surface area contributed by atoms with Crippen LogP contribution in [-0.2, 0) is 14.3 Å². The molecular weight excluding hydrogens is 232 g/mol. The minimum absolute atomic E-state index is 0.174. The molecule has 0 saturated carbocycles. The largest absolute Gasteiger partial charge is 0.468 e. The van der Waals surface area contributed by atoms with Crippen molar-refractivity contribution < 1.29 is 19.1 Å². The highest BCUT2D eigenvalue weighted by Crippen LogP contribution is 2.25. The first-order valence-corrected chi connectivity index (χ1v) is 5.92. The maximum Gasteiger partial charge on any atom is 0.322 e. The molecular formula is C9H12N2O4S. The van der Waals surface area contributed by atoms with Crippen molar-refractivity contribution in [2.75, 3.05) is 19.4 Å². The topological polar surface area (TPSA) is 75.7 Å². The van der Waals surface area contributed by atoms with Gasteiger partial charge in [-0.15, -0.1) is 0 Å². The van der Waals surface area contributed by atoms with Crippen LogP contribution in [0.5, 0.6) is 0 Å². The highest BCUT2D eigenvalue weighted by molar-refractivity contribution is 8.14. The van der Waals surface area contributed by atoms with Gasteiger partial charge in [-0.25, -0.2) is 0 Å². The second-order valence-electron chi connectivity index (χ2n) is 3.69. The first-order valence-electron chi connectivity index (χ1n) is 4.93. The van der Waals surface area contributed by atoms with Crippen molar-refractivity contribution in [2.24, 2.45) is 0 Å². The van der Waals surface area contributed by atoms with Crippen molar-refractivity contribution in [1.29, 1.82) is 0 Å². The number of amides is 2. The van der Waals surface area contributed by atoms with Gasteiger partial charge >= 0.3 is 5.97 Å². The minimum atomic E-state index is -0.416. The molecule has 0 bridgehead atoms. The van der Waals surface area contributed by atoms with Crippen LogP contribution < -0.4 is 5.32 Å². The summed E-state index contributed by atoms with van der Waals surface area (Å²) in [6, 6.07) is -0.639. The van der Waals surface area contributed by atoms with Crippen LogP contribution in [0, 0.1) is 0 Å². The molecule has 0 aliphatic carbocycles. The lowest BCUT2D eigenvalue weighted by Crippen LogP contribution is -2.40. The Balaban J connectivity index is 2.00. The average molecular weight is 244 g/mol. The number of carbonyl (C=O) groups is 3. The van der Waals surface area contributed by atoms with Crippen LogP contribution in [0.4, 0.5) is 4.79 Å². The maximum atomic E-state index is 11.5. The lowest BCUT2D eigenvalue weighted by Gasteiger charge is -2.19. The highest BCUT2D eigenvalue weighted by atomic mass is 32.2. The van der Waals surface area contributed by atoms with Crippen molar-refractivity contribution in [3.05, 3.63) is 0 Å². The van der Waals surface area contributed by atoms with Crippen molar-refractivity contribution >= 4 is 28.9 Å². The zero-order chi connectivity index (χ0) is 11.7. The summed E-state index contributed by atoms with van der Waals surface area (Å²) in [4.78, 5) is 35.4.